The monoisotopic (exact) mass is 212 g/mol. The van der Waals surface area contributed by atoms with Gasteiger partial charge < -0.3 is 10.6 Å². The van der Waals surface area contributed by atoms with E-state index in [9.17, 15) is 8.78 Å². The number of hydrogen-bond acceptors (Lipinski definition) is 2. The van der Waals surface area contributed by atoms with E-state index in [0.717, 1.165) is 18.9 Å². The van der Waals surface area contributed by atoms with Gasteiger partial charge in [-0.15, -0.1) is 0 Å². The summed E-state index contributed by atoms with van der Waals surface area (Å²) in [7, 11) is 0. The normalized spacial score (nSPS) is 15.4. The van der Waals surface area contributed by atoms with Gasteiger partial charge in [-0.3, -0.25) is 0 Å². The highest BCUT2D eigenvalue weighted by atomic mass is 19.2. The Labute approximate surface area is 87.7 Å². The van der Waals surface area contributed by atoms with Crippen LogP contribution < -0.4 is 10.6 Å². The maximum atomic E-state index is 13.6. The number of hydrogen-bond donors (Lipinski definition) is 1. The van der Waals surface area contributed by atoms with Crippen LogP contribution in [0.15, 0.2) is 12.1 Å². The standard InChI is InChI=1S/C11H14F2N2/c1-2-15(7-3-4-7)11-9(14)6-5-8(12)10(11)13/h5-7H,2-4,14H2,1H3. The molecule has 1 aliphatic rings. The van der Waals surface area contributed by atoms with Crippen LogP contribution in [-0.4, -0.2) is 12.6 Å². The van der Waals surface area contributed by atoms with Crippen LogP contribution in [0.1, 0.15) is 19.8 Å². The van der Waals surface area contributed by atoms with E-state index in [0.29, 0.717) is 18.3 Å². The van der Waals surface area contributed by atoms with Crippen molar-refractivity contribution in [2.75, 3.05) is 17.2 Å². The third-order valence-corrected chi connectivity index (χ3v) is 2.72. The molecule has 0 saturated heterocycles. The number of rotatable bonds is 3. The Morgan fingerprint density at radius 2 is 2.07 bits per heavy atom. The van der Waals surface area contributed by atoms with Crippen molar-refractivity contribution in [3.63, 3.8) is 0 Å². The molecule has 1 aromatic rings. The van der Waals surface area contributed by atoms with E-state index < -0.39 is 11.6 Å². The lowest BCUT2D eigenvalue weighted by atomic mass is 10.2. The van der Waals surface area contributed by atoms with Crippen molar-refractivity contribution in [3.8, 4) is 0 Å². The Balaban J connectivity index is 2.44. The fourth-order valence-corrected chi connectivity index (χ4v) is 1.83. The lowest BCUT2D eigenvalue weighted by Crippen LogP contribution is -2.27. The van der Waals surface area contributed by atoms with Crippen LogP contribution in [0, 0.1) is 11.6 Å². The first-order valence-corrected chi connectivity index (χ1v) is 5.15. The van der Waals surface area contributed by atoms with Gasteiger partial charge in [0.1, 0.15) is 0 Å². The molecule has 0 bridgehead atoms. The number of nitrogen functional groups attached to an aromatic ring is 1. The van der Waals surface area contributed by atoms with Crippen molar-refractivity contribution >= 4 is 11.4 Å². The quantitative estimate of drug-likeness (QED) is 0.780. The summed E-state index contributed by atoms with van der Waals surface area (Å²) in [6.07, 6.45) is 2.06. The third kappa shape index (κ3) is 1.76. The SMILES string of the molecule is CCN(c1c(N)ccc(F)c1F)C1CC1. The Morgan fingerprint density at radius 3 is 2.60 bits per heavy atom. The molecular weight excluding hydrogens is 198 g/mol. The van der Waals surface area contributed by atoms with Gasteiger partial charge in [0, 0.05) is 12.6 Å². The fourth-order valence-electron chi connectivity index (χ4n) is 1.83. The number of benzene rings is 1. The molecule has 82 valence electrons. The first-order valence-electron chi connectivity index (χ1n) is 5.15. The van der Waals surface area contributed by atoms with Gasteiger partial charge in [-0.05, 0) is 31.9 Å². The van der Waals surface area contributed by atoms with Gasteiger partial charge >= 0.3 is 0 Å². The van der Waals surface area contributed by atoms with Crippen molar-refractivity contribution < 1.29 is 8.78 Å². The number of nitrogens with two attached hydrogens (primary N) is 1. The van der Waals surface area contributed by atoms with E-state index in [-0.39, 0.29) is 5.69 Å². The average molecular weight is 212 g/mol. The zero-order valence-corrected chi connectivity index (χ0v) is 8.63. The summed E-state index contributed by atoms with van der Waals surface area (Å²) in [4.78, 5) is 1.84. The molecule has 4 heteroatoms. The van der Waals surface area contributed by atoms with Gasteiger partial charge in [-0.25, -0.2) is 8.78 Å². The van der Waals surface area contributed by atoms with Crippen LogP contribution in [-0.2, 0) is 0 Å². The van der Waals surface area contributed by atoms with Crippen LogP contribution >= 0.6 is 0 Å². The average Bonchev–Trinajstić information content (AvgIpc) is 3.02. The maximum Gasteiger partial charge on any atom is 0.184 e. The Morgan fingerprint density at radius 1 is 1.40 bits per heavy atom. The molecule has 2 N–H and O–H groups in total. The predicted molar refractivity (Wildman–Crippen MR) is 56.8 cm³/mol. The van der Waals surface area contributed by atoms with Gasteiger partial charge in [0.25, 0.3) is 0 Å². The zero-order valence-electron chi connectivity index (χ0n) is 8.63. The Bertz CT molecular complexity index is 375. The molecule has 0 radical (unpaired) electrons. The fraction of sp³-hybridized carbons (Fsp3) is 0.455. The summed E-state index contributed by atoms with van der Waals surface area (Å²) < 4.78 is 26.7. The minimum atomic E-state index is -0.835. The largest absolute Gasteiger partial charge is 0.397 e. The van der Waals surface area contributed by atoms with Crippen molar-refractivity contribution in [1.82, 2.24) is 0 Å². The van der Waals surface area contributed by atoms with Gasteiger partial charge in [-0.1, -0.05) is 0 Å². The minimum absolute atomic E-state index is 0.222. The Kier molecular flexibility index (Phi) is 2.50. The molecule has 0 aliphatic heterocycles. The highest BCUT2D eigenvalue weighted by Crippen LogP contribution is 2.36. The van der Waals surface area contributed by atoms with Crippen LogP contribution in [0.5, 0.6) is 0 Å². The zero-order chi connectivity index (χ0) is 11.0. The summed E-state index contributed by atoms with van der Waals surface area (Å²) in [5, 5.41) is 0. The van der Waals surface area contributed by atoms with E-state index in [1.165, 1.54) is 6.07 Å². The summed E-state index contributed by atoms with van der Waals surface area (Å²) >= 11 is 0. The highest BCUT2D eigenvalue weighted by Gasteiger charge is 2.31. The van der Waals surface area contributed by atoms with Crippen molar-refractivity contribution in [2.24, 2.45) is 0 Å². The molecular formula is C11H14F2N2. The van der Waals surface area contributed by atoms with Crippen molar-refractivity contribution in [3.05, 3.63) is 23.8 Å². The second kappa shape index (κ2) is 3.68. The van der Waals surface area contributed by atoms with Crippen LogP contribution in [0.2, 0.25) is 0 Å². The third-order valence-electron chi connectivity index (χ3n) is 2.72. The molecule has 0 spiro atoms. The Hall–Kier alpha value is -1.32. The molecule has 1 saturated carbocycles. The first kappa shape index (κ1) is 10.2. The lowest BCUT2D eigenvalue weighted by molar-refractivity contribution is 0.506. The molecule has 0 aromatic heterocycles. The summed E-state index contributed by atoms with van der Waals surface area (Å²) in [5.41, 5.74) is 6.21. The second-order valence-electron chi connectivity index (χ2n) is 3.82. The van der Waals surface area contributed by atoms with Crippen LogP contribution in [0.25, 0.3) is 0 Å². The number of halogens is 2. The second-order valence-corrected chi connectivity index (χ2v) is 3.82. The summed E-state index contributed by atoms with van der Waals surface area (Å²) in [6, 6.07) is 2.81. The van der Waals surface area contributed by atoms with Gasteiger partial charge in [0.05, 0.1) is 11.4 Å². The molecule has 0 atom stereocenters. The van der Waals surface area contributed by atoms with Crippen molar-refractivity contribution in [1.29, 1.82) is 0 Å². The van der Waals surface area contributed by atoms with E-state index in [4.69, 9.17) is 5.73 Å². The van der Waals surface area contributed by atoms with Crippen molar-refractivity contribution in [2.45, 2.75) is 25.8 Å². The van der Waals surface area contributed by atoms with Gasteiger partial charge in [0.2, 0.25) is 0 Å². The molecule has 0 unspecified atom stereocenters. The number of anilines is 2. The molecule has 1 fully saturated rings. The maximum absolute atomic E-state index is 13.6. The first-order chi connectivity index (χ1) is 7.15. The smallest absolute Gasteiger partial charge is 0.184 e. The lowest BCUT2D eigenvalue weighted by Gasteiger charge is -2.24. The van der Waals surface area contributed by atoms with E-state index in [1.807, 2.05) is 11.8 Å². The van der Waals surface area contributed by atoms with Crippen LogP contribution in [0.4, 0.5) is 20.2 Å². The van der Waals surface area contributed by atoms with Gasteiger partial charge in [0.15, 0.2) is 11.6 Å². The van der Waals surface area contributed by atoms with Crippen LogP contribution in [0.3, 0.4) is 0 Å². The molecule has 0 amide bonds. The topological polar surface area (TPSA) is 29.3 Å². The molecule has 0 heterocycles. The number of nitrogens with zero attached hydrogens (tertiary/aromatic N) is 1. The predicted octanol–water partition coefficient (Wildman–Crippen LogP) is 2.54. The molecule has 2 nitrogen and oxygen atoms in total. The van der Waals surface area contributed by atoms with Gasteiger partial charge in [-0.2, -0.15) is 0 Å². The molecule has 1 aromatic carbocycles. The molecule has 15 heavy (non-hydrogen) atoms. The highest BCUT2D eigenvalue weighted by molar-refractivity contribution is 5.69. The molecule has 2 rings (SSSR count). The van der Waals surface area contributed by atoms with E-state index in [2.05, 4.69) is 0 Å². The summed E-state index contributed by atoms with van der Waals surface area (Å²) in [6.45, 7) is 2.57. The summed E-state index contributed by atoms with van der Waals surface area (Å²) in [5.74, 6) is -1.66. The molecule has 1 aliphatic carbocycles. The van der Waals surface area contributed by atoms with E-state index >= 15 is 0 Å². The minimum Gasteiger partial charge on any atom is -0.397 e. The van der Waals surface area contributed by atoms with E-state index in [1.54, 1.807) is 0 Å².